The van der Waals surface area contributed by atoms with Crippen LogP contribution in [-0.2, 0) is 11.9 Å². The molecular weight excluding hydrogens is 687 g/mol. The van der Waals surface area contributed by atoms with Crippen LogP contribution in [0.1, 0.15) is 77.2 Å². The molecule has 0 N–H and O–H groups in total. The number of fused-ring (bicyclic) bond motifs is 4. The van der Waals surface area contributed by atoms with E-state index >= 15 is 4.39 Å². The van der Waals surface area contributed by atoms with E-state index in [0.29, 0.717) is 25.7 Å². The first-order valence-corrected chi connectivity index (χ1v) is 20.1. The molecule has 0 radical (unpaired) electrons. The molecule has 5 unspecified atom stereocenters. The molecular formula is C35H39F4IO2S. The van der Waals surface area contributed by atoms with E-state index in [0.717, 1.165) is 46.9 Å². The summed E-state index contributed by atoms with van der Waals surface area (Å²) in [6.07, 6.45) is 2.42. The molecule has 0 saturated heterocycles. The van der Waals surface area contributed by atoms with Crippen LogP contribution in [0.3, 0.4) is 0 Å². The standard InChI is InChI=1S/C35H39F4IO2S/c1-32-20-29(23-7-5-21(6-8-23)22-9-13-26(14-10-22)43(4,40)42)31-27-16-12-25(41)19-24(27)11-15-28(31)30(32)17-18-33(32,2)34(3,36)35(37,38)39/h5-10,13-14,19,28-30,43H,11-12,15-18,20H2,1-4H3/t28?,29?,30?,32?,33-,34?/m1/s1. The molecule has 2 nitrogen and oxygen atoms in total. The van der Waals surface area contributed by atoms with Gasteiger partial charge in [-0.2, -0.15) is 13.2 Å². The Kier molecular flexibility index (Phi) is 7.51. The number of hydrogen-bond acceptors (Lipinski definition) is 2. The van der Waals surface area contributed by atoms with Crippen LogP contribution < -0.4 is 0 Å². The first-order valence-electron chi connectivity index (χ1n) is 15.2. The van der Waals surface area contributed by atoms with Crippen molar-refractivity contribution in [2.75, 3.05) is 6.26 Å². The van der Waals surface area contributed by atoms with E-state index in [1.165, 1.54) is 11.1 Å². The van der Waals surface area contributed by atoms with Gasteiger partial charge in [0.15, 0.2) is 5.78 Å². The van der Waals surface area contributed by atoms with E-state index in [1.807, 2.05) is 64.5 Å². The third kappa shape index (κ3) is 4.83. The van der Waals surface area contributed by atoms with Gasteiger partial charge in [0.25, 0.3) is 0 Å². The van der Waals surface area contributed by atoms with Gasteiger partial charge in [0.1, 0.15) is 0 Å². The number of hydrogen-bond donors (Lipinski definition) is 1. The summed E-state index contributed by atoms with van der Waals surface area (Å²) in [5.41, 5.74) is 0.863. The first-order chi connectivity index (χ1) is 20.0. The molecule has 0 spiro atoms. The minimum absolute atomic E-state index is 0.0434. The number of rotatable bonds is 4. The Morgan fingerprint density at radius 3 is 2.09 bits per heavy atom. The van der Waals surface area contributed by atoms with E-state index in [-0.39, 0.29) is 30.0 Å². The smallest absolute Gasteiger partial charge is 0.295 e. The molecule has 2 saturated carbocycles. The Morgan fingerprint density at radius 1 is 0.907 bits per heavy atom. The van der Waals surface area contributed by atoms with Crippen molar-refractivity contribution < 1.29 is 26.6 Å². The quantitative estimate of drug-likeness (QED) is 0.147. The van der Waals surface area contributed by atoms with Crippen molar-refractivity contribution in [3.8, 4) is 11.1 Å². The van der Waals surface area contributed by atoms with Crippen molar-refractivity contribution in [1.82, 2.24) is 0 Å². The fraction of sp³-hybridized carbons (Fsp3) is 0.514. The number of benzene rings is 2. The SMILES string of the molecule is CC12CC(c3ccc(-c4ccc([SH](C)(=O)I)cc4)cc3)C3=C4CCC(=O)C=C4CCC3C1CC[C@@]2(C)C(C)(F)C(F)(F)F. The maximum atomic E-state index is 16.1. The largest absolute Gasteiger partial charge is 0.422 e. The second-order valence-corrected chi connectivity index (χ2v) is 21.5. The predicted molar refractivity (Wildman–Crippen MR) is 174 cm³/mol. The van der Waals surface area contributed by atoms with Gasteiger partial charge in [-0.25, -0.2) is 4.39 Å². The highest BCUT2D eigenvalue weighted by Gasteiger charge is 2.73. The van der Waals surface area contributed by atoms with Gasteiger partial charge in [-0.05, 0) is 116 Å². The lowest BCUT2D eigenvalue weighted by Gasteiger charge is -2.58. The summed E-state index contributed by atoms with van der Waals surface area (Å²) in [6.45, 7) is 4.22. The topological polar surface area (TPSA) is 34.1 Å². The molecule has 6 atom stereocenters. The Labute approximate surface area is 264 Å². The highest BCUT2D eigenvalue weighted by Crippen LogP contribution is 2.73. The van der Waals surface area contributed by atoms with Crippen LogP contribution in [0.15, 0.2) is 76.2 Å². The number of carbonyl (C=O) groups is 1. The lowest BCUT2D eigenvalue weighted by atomic mass is 9.47. The second kappa shape index (κ2) is 10.4. The number of ketones is 1. The van der Waals surface area contributed by atoms with Crippen LogP contribution in [0.2, 0.25) is 0 Å². The van der Waals surface area contributed by atoms with Gasteiger partial charge in [0.05, 0.1) is 0 Å². The summed E-state index contributed by atoms with van der Waals surface area (Å²) in [5, 5.41) is 0. The molecule has 0 aromatic heterocycles. The highest BCUT2D eigenvalue weighted by atomic mass is 127. The molecule has 6 rings (SSSR count). The maximum absolute atomic E-state index is 16.1. The lowest BCUT2D eigenvalue weighted by Crippen LogP contribution is -2.59. The minimum atomic E-state index is -4.96. The van der Waals surface area contributed by atoms with E-state index in [1.54, 1.807) is 19.3 Å². The Bertz CT molecular complexity index is 1570. The molecule has 43 heavy (non-hydrogen) atoms. The molecule has 2 aromatic carbocycles. The number of halogens is 5. The predicted octanol–water partition coefficient (Wildman–Crippen LogP) is 9.91. The van der Waals surface area contributed by atoms with Gasteiger partial charge in [-0.15, -0.1) is 0 Å². The molecule has 4 aliphatic carbocycles. The van der Waals surface area contributed by atoms with Gasteiger partial charge < -0.3 is 0 Å². The summed E-state index contributed by atoms with van der Waals surface area (Å²) in [4.78, 5) is 13.1. The molecule has 0 bridgehead atoms. The van der Waals surface area contributed by atoms with Gasteiger partial charge in [-0.3, -0.25) is 9.00 Å². The second-order valence-electron chi connectivity index (χ2n) is 13.9. The summed E-state index contributed by atoms with van der Waals surface area (Å²) in [6, 6.07) is 15.9. The Morgan fingerprint density at radius 2 is 1.51 bits per heavy atom. The van der Waals surface area contributed by atoms with Crippen LogP contribution in [0.25, 0.3) is 11.1 Å². The Hall–Kier alpha value is -1.81. The van der Waals surface area contributed by atoms with E-state index in [2.05, 4.69) is 12.1 Å². The van der Waals surface area contributed by atoms with Gasteiger partial charge in [0.2, 0.25) is 5.67 Å². The number of thiol groups is 1. The number of alkyl halides is 4. The van der Waals surface area contributed by atoms with Crippen LogP contribution in [-0.4, -0.2) is 28.1 Å². The summed E-state index contributed by atoms with van der Waals surface area (Å²) in [7, 11) is -2.39. The van der Waals surface area contributed by atoms with Crippen molar-refractivity contribution in [3.63, 3.8) is 0 Å². The van der Waals surface area contributed by atoms with Gasteiger partial charge in [0, 0.05) is 50.1 Å². The fourth-order valence-corrected chi connectivity index (χ4v) is 10.8. The zero-order chi connectivity index (χ0) is 31.2. The monoisotopic (exact) mass is 726 g/mol. The van der Waals surface area contributed by atoms with Gasteiger partial charge >= 0.3 is 6.18 Å². The van der Waals surface area contributed by atoms with Crippen LogP contribution in [0.5, 0.6) is 0 Å². The zero-order valence-corrected chi connectivity index (χ0v) is 28.1. The van der Waals surface area contributed by atoms with Gasteiger partial charge in [-0.1, -0.05) is 55.8 Å². The van der Waals surface area contributed by atoms with Crippen molar-refractivity contribution in [3.05, 3.63) is 76.9 Å². The third-order valence-corrected chi connectivity index (χ3v) is 14.8. The van der Waals surface area contributed by atoms with E-state index < -0.39 is 29.8 Å². The third-order valence-electron chi connectivity index (χ3n) is 11.9. The summed E-state index contributed by atoms with van der Waals surface area (Å²) < 4.78 is 71.5. The van der Waals surface area contributed by atoms with Crippen molar-refractivity contribution in [2.45, 2.75) is 88.4 Å². The average Bonchev–Trinajstić information content (AvgIpc) is 3.23. The molecule has 0 amide bonds. The average molecular weight is 727 g/mol. The lowest BCUT2D eigenvalue weighted by molar-refractivity contribution is -0.281. The minimum Gasteiger partial charge on any atom is -0.295 e. The molecule has 0 heterocycles. The first kappa shape index (κ1) is 31.2. The number of allylic oxidation sites excluding steroid dienone is 4. The number of carbonyl (C=O) groups excluding carboxylic acids is 1. The van der Waals surface area contributed by atoms with Crippen molar-refractivity contribution in [2.24, 2.45) is 22.7 Å². The normalized spacial score (nSPS) is 32.8. The maximum Gasteiger partial charge on any atom is 0.422 e. The van der Waals surface area contributed by atoms with Crippen molar-refractivity contribution >= 4 is 34.1 Å². The van der Waals surface area contributed by atoms with E-state index in [4.69, 9.17) is 0 Å². The highest BCUT2D eigenvalue weighted by molar-refractivity contribution is 14.2. The summed E-state index contributed by atoms with van der Waals surface area (Å²) in [5.74, 6) is 0.0125. The zero-order valence-electron chi connectivity index (χ0n) is 25.0. The fourth-order valence-electron chi connectivity index (χ4n) is 9.11. The molecule has 8 heteroatoms. The van der Waals surface area contributed by atoms with Crippen LogP contribution in [0, 0.1) is 22.7 Å². The Balaban J connectivity index is 1.45. The molecule has 2 fully saturated rings. The summed E-state index contributed by atoms with van der Waals surface area (Å²) >= 11 is 1.99. The molecule has 232 valence electrons. The molecule has 2 aromatic rings. The van der Waals surface area contributed by atoms with Crippen LogP contribution in [0.4, 0.5) is 17.6 Å². The molecule has 4 aliphatic rings. The van der Waals surface area contributed by atoms with Crippen LogP contribution >= 0.6 is 21.2 Å². The molecule has 0 aliphatic heterocycles. The van der Waals surface area contributed by atoms with Crippen molar-refractivity contribution in [1.29, 1.82) is 0 Å². The van der Waals surface area contributed by atoms with E-state index in [9.17, 15) is 22.2 Å².